The van der Waals surface area contributed by atoms with Crippen LogP contribution in [-0.2, 0) is 6.54 Å². The fourth-order valence-electron chi connectivity index (χ4n) is 3.90. The number of rotatable bonds is 7. The van der Waals surface area contributed by atoms with Gasteiger partial charge in [0.05, 0.1) is 25.2 Å². The van der Waals surface area contributed by atoms with Gasteiger partial charge in [0.15, 0.2) is 11.5 Å². The van der Waals surface area contributed by atoms with Crippen LogP contribution in [0.3, 0.4) is 0 Å². The molecule has 2 aromatic carbocycles. The van der Waals surface area contributed by atoms with Crippen LogP contribution < -0.4 is 19.9 Å². The van der Waals surface area contributed by atoms with Crippen molar-refractivity contribution in [3.63, 3.8) is 0 Å². The standard InChI is InChI=1S/C26H32N2O4/c1-8-28(19-10-9-17(4)18(5)11-19)26(30)22-15-27(14-16(2)3)25(29)21-13-24(32-7)23(31-6)12-20(21)22/h9-13,15-16H,8,14H2,1-7H3. The van der Waals surface area contributed by atoms with Gasteiger partial charge in [0.1, 0.15) is 0 Å². The Morgan fingerprint density at radius 2 is 1.62 bits per heavy atom. The van der Waals surface area contributed by atoms with Crippen LogP contribution >= 0.6 is 0 Å². The highest BCUT2D eigenvalue weighted by molar-refractivity contribution is 6.14. The zero-order valence-electron chi connectivity index (χ0n) is 20.0. The van der Waals surface area contributed by atoms with Crippen molar-refractivity contribution in [2.45, 2.75) is 41.2 Å². The summed E-state index contributed by atoms with van der Waals surface area (Å²) in [6.45, 7) is 11.1. The fourth-order valence-corrected chi connectivity index (χ4v) is 3.90. The number of methoxy groups -OCH3 is 2. The minimum Gasteiger partial charge on any atom is -0.493 e. The zero-order valence-corrected chi connectivity index (χ0v) is 20.0. The van der Waals surface area contributed by atoms with E-state index in [0.717, 1.165) is 11.3 Å². The molecule has 0 spiro atoms. The summed E-state index contributed by atoms with van der Waals surface area (Å²) < 4.78 is 12.5. The number of aromatic nitrogens is 1. The Kier molecular flexibility index (Phi) is 6.92. The summed E-state index contributed by atoms with van der Waals surface area (Å²) in [5, 5.41) is 0.991. The Bertz CT molecular complexity index is 1210. The van der Waals surface area contributed by atoms with Crippen LogP contribution in [0.5, 0.6) is 11.5 Å². The van der Waals surface area contributed by atoms with Gasteiger partial charge >= 0.3 is 0 Å². The molecule has 6 nitrogen and oxygen atoms in total. The lowest BCUT2D eigenvalue weighted by atomic mass is 10.0. The highest BCUT2D eigenvalue weighted by Crippen LogP contribution is 2.33. The van der Waals surface area contributed by atoms with Crippen LogP contribution in [0.4, 0.5) is 5.69 Å². The second kappa shape index (κ2) is 9.47. The van der Waals surface area contributed by atoms with Crippen LogP contribution in [-0.4, -0.2) is 31.2 Å². The normalized spacial score (nSPS) is 11.1. The van der Waals surface area contributed by atoms with Crippen LogP contribution in [0.15, 0.2) is 41.3 Å². The lowest BCUT2D eigenvalue weighted by Crippen LogP contribution is -2.33. The van der Waals surface area contributed by atoms with Crippen LogP contribution in [0.25, 0.3) is 10.8 Å². The van der Waals surface area contributed by atoms with E-state index in [1.165, 1.54) is 12.7 Å². The van der Waals surface area contributed by atoms with Gasteiger partial charge in [-0.1, -0.05) is 19.9 Å². The van der Waals surface area contributed by atoms with E-state index in [2.05, 4.69) is 0 Å². The van der Waals surface area contributed by atoms with Crippen LogP contribution in [0.1, 0.15) is 42.3 Å². The molecule has 170 valence electrons. The zero-order chi connectivity index (χ0) is 23.6. The number of pyridine rings is 1. The quantitative estimate of drug-likeness (QED) is 0.525. The van der Waals surface area contributed by atoms with Crippen LogP contribution in [0, 0.1) is 19.8 Å². The number of anilines is 1. The number of nitrogens with zero attached hydrogens (tertiary/aromatic N) is 2. The van der Waals surface area contributed by atoms with E-state index in [1.807, 2.05) is 52.8 Å². The van der Waals surface area contributed by atoms with E-state index in [0.29, 0.717) is 40.9 Å². The Hall–Kier alpha value is -3.28. The number of ether oxygens (including phenoxy) is 2. The SMILES string of the molecule is CCN(C(=O)c1cn(CC(C)C)c(=O)c2cc(OC)c(OC)cc12)c1ccc(C)c(C)c1. The predicted molar refractivity (Wildman–Crippen MR) is 129 cm³/mol. The smallest absolute Gasteiger partial charge is 0.260 e. The molecule has 0 atom stereocenters. The molecule has 1 amide bonds. The third-order valence-electron chi connectivity index (χ3n) is 5.75. The topological polar surface area (TPSA) is 60.8 Å². The maximum absolute atomic E-state index is 13.8. The van der Waals surface area contributed by atoms with Crippen molar-refractivity contribution in [3.8, 4) is 11.5 Å². The van der Waals surface area contributed by atoms with Gasteiger partial charge in [0, 0.05) is 30.4 Å². The van der Waals surface area contributed by atoms with E-state index < -0.39 is 0 Å². The van der Waals surface area contributed by atoms with Gasteiger partial charge in [0.25, 0.3) is 11.5 Å². The summed E-state index contributed by atoms with van der Waals surface area (Å²) in [5.74, 6) is 1.02. The molecule has 0 aliphatic heterocycles. The first-order chi connectivity index (χ1) is 15.2. The molecule has 1 aromatic heterocycles. The molecule has 0 aliphatic carbocycles. The van der Waals surface area contributed by atoms with Crippen LogP contribution in [0.2, 0.25) is 0 Å². The van der Waals surface area contributed by atoms with E-state index >= 15 is 0 Å². The van der Waals surface area contributed by atoms with Gasteiger partial charge in [0.2, 0.25) is 0 Å². The maximum atomic E-state index is 13.8. The molecule has 3 rings (SSSR count). The number of fused-ring (bicyclic) bond motifs is 1. The van der Waals surface area contributed by atoms with E-state index in [4.69, 9.17) is 9.47 Å². The molecule has 6 heteroatoms. The highest BCUT2D eigenvalue weighted by Gasteiger charge is 2.23. The number of carbonyl (C=O) groups is 1. The number of aryl methyl sites for hydroxylation is 2. The van der Waals surface area contributed by atoms with E-state index in [9.17, 15) is 9.59 Å². The molecular formula is C26H32N2O4. The van der Waals surface area contributed by atoms with Crippen molar-refractivity contribution in [2.24, 2.45) is 5.92 Å². The number of amides is 1. The number of hydrogen-bond donors (Lipinski definition) is 0. The second-order valence-corrected chi connectivity index (χ2v) is 8.46. The molecule has 0 fully saturated rings. The van der Waals surface area contributed by atoms with Crippen molar-refractivity contribution in [1.82, 2.24) is 4.57 Å². The first kappa shape index (κ1) is 23.4. The molecular weight excluding hydrogens is 404 g/mol. The lowest BCUT2D eigenvalue weighted by Gasteiger charge is -2.24. The molecule has 0 N–H and O–H groups in total. The maximum Gasteiger partial charge on any atom is 0.260 e. The van der Waals surface area contributed by atoms with Gasteiger partial charge < -0.3 is 18.9 Å². The molecule has 0 saturated heterocycles. The monoisotopic (exact) mass is 436 g/mol. The van der Waals surface area contributed by atoms with E-state index in [1.54, 1.807) is 34.9 Å². The van der Waals surface area contributed by atoms with Gasteiger partial charge in [-0.2, -0.15) is 0 Å². The third kappa shape index (κ3) is 4.35. The van der Waals surface area contributed by atoms with Gasteiger partial charge in [-0.05, 0) is 62.1 Å². The summed E-state index contributed by atoms with van der Waals surface area (Å²) in [5.41, 5.74) is 3.43. The molecule has 32 heavy (non-hydrogen) atoms. The average molecular weight is 437 g/mol. The first-order valence-electron chi connectivity index (χ1n) is 10.9. The fraction of sp³-hybridized carbons (Fsp3) is 0.385. The lowest BCUT2D eigenvalue weighted by molar-refractivity contribution is 0.0989. The molecule has 0 aliphatic rings. The van der Waals surface area contributed by atoms with Crippen molar-refractivity contribution >= 4 is 22.4 Å². The minimum atomic E-state index is -0.162. The number of benzene rings is 2. The Labute approximate surface area is 189 Å². The number of hydrogen-bond acceptors (Lipinski definition) is 4. The van der Waals surface area contributed by atoms with Crippen molar-refractivity contribution in [2.75, 3.05) is 25.7 Å². The minimum absolute atomic E-state index is 0.152. The predicted octanol–water partition coefficient (Wildman–Crippen LogP) is 4.96. The summed E-state index contributed by atoms with van der Waals surface area (Å²) >= 11 is 0. The van der Waals surface area contributed by atoms with Crippen molar-refractivity contribution in [1.29, 1.82) is 0 Å². The molecule has 0 radical (unpaired) electrons. The molecule has 3 aromatic rings. The van der Waals surface area contributed by atoms with Gasteiger partial charge in [-0.25, -0.2) is 0 Å². The molecule has 0 bridgehead atoms. The summed E-state index contributed by atoms with van der Waals surface area (Å²) in [7, 11) is 3.07. The molecule has 0 saturated carbocycles. The van der Waals surface area contributed by atoms with Gasteiger partial charge in [-0.15, -0.1) is 0 Å². The van der Waals surface area contributed by atoms with E-state index in [-0.39, 0.29) is 17.4 Å². The Morgan fingerprint density at radius 1 is 1.00 bits per heavy atom. The molecule has 1 heterocycles. The van der Waals surface area contributed by atoms with Crippen molar-refractivity contribution < 1.29 is 14.3 Å². The number of carbonyl (C=O) groups excluding carboxylic acids is 1. The van der Waals surface area contributed by atoms with Gasteiger partial charge in [-0.3, -0.25) is 9.59 Å². The Balaban J connectivity index is 2.28. The summed E-state index contributed by atoms with van der Waals surface area (Å²) in [6, 6.07) is 9.38. The second-order valence-electron chi connectivity index (χ2n) is 8.46. The highest BCUT2D eigenvalue weighted by atomic mass is 16.5. The molecule has 0 unspecified atom stereocenters. The first-order valence-corrected chi connectivity index (χ1v) is 10.9. The largest absolute Gasteiger partial charge is 0.493 e. The summed E-state index contributed by atoms with van der Waals surface area (Å²) in [6.07, 6.45) is 1.68. The van der Waals surface area contributed by atoms with Crippen molar-refractivity contribution in [3.05, 3.63) is 63.6 Å². The Morgan fingerprint density at radius 3 is 2.16 bits per heavy atom. The third-order valence-corrected chi connectivity index (χ3v) is 5.75. The average Bonchev–Trinajstić information content (AvgIpc) is 2.77. The summed E-state index contributed by atoms with van der Waals surface area (Å²) in [4.78, 5) is 28.8.